The van der Waals surface area contributed by atoms with Crippen molar-refractivity contribution in [2.75, 3.05) is 5.75 Å². The number of allylic oxidation sites excluding steroid dienone is 1. The average molecular weight is 550 g/mol. The number of esters is 1. The molecule has 4 rings (SSSR count). The largest absolute Gasteiger partial charge is 0.448 e. The number of amides is 1. The molecule has 1 unspecified atom stereocenters. The molecule has 2 N–H and O–H groups in total. The van der Waals surface area contributed by atoms with E-state index in [1.807, 2.05) is 60.7 Å². The summed E-state index contributed by atoms with van der Waals surface area (Å²) in [5, 5.41) is -0.252. The van der Waals surface area contributed by atoms with Crippen LogP contribution in [0, 0.1) is 0 Å². The molecule has 2 atom stereocenters. The van der Waals surface area contributed by atoms with E-state index in [1.165, 1.54) is 16.7 Å². The topological polar surface area (TPSA) is 72.6 Å². The van der Waals surface area contributed by atoms with E-state index < -0.39 is 18.1 Å². The second-order valence-electron chi connectivity index (χ2n) is 6.85. The fourth-order valence-corrected chi connectivity index (χ4v) is 5.32. The van der Waals surface area contributed by atoms with Crippen molar-refractivity contribution < 1.29 is 14.3 Å². The van der Waals surface area contributed by atoms with Gasteiger partial charge in [0.1, 0.15) is 17.1 Å². The fraction of sp³-hybridized carbons (Fsp3) is 0.182. The minimum atomic E-state index is -0.602. The van der Waals surface area contributed by atoms with E-state index in [-0.39, 0.29) is 17.0 Å². The number of hydrogen-bond acceptors (Lipinski definition) is 5. The lowest BCUT2D eigenvalue weighted by atomic mass is 10.0. The molecule has 1 amide bonds. The SMILES string of the molecule is NC1C(=O)N2C(C(=O)OC(c3ccccc3)c3ccccc3)=C(C=C(Br)Br)CS[C@@H]12. The highest BCUT2D eigenvalue weighted by Gasteiger charge is 2.52. The lowest BCUT2D eigenvalue weighted by molar-refractivity contribution is -0.153. The number of nitrogens with zero attached hydrogens (tertiary/aromatic N) is 1. The Morgan fingerprint density at radius 3 is 2.20 bits per heavy atom. The number of β-lactam (4-membered cyclic amide) rings is 1. The molecule has 2 aromatic rings. The molecule has 1 fully saturated rings. The van der Waals surface area contributed by atoms with Crippen LogP contribution in [-0.4, -0.2) is 33.9 Å². The van der Waals surface area contributed by atoms with Crippen molar-refractivity contribution in [3.05, 3.63) is 92.5 Å². The van der Waals surface area contributed by atoms with Crippen molar-refractivity contribution in [2.24, 2.45) is 5.73 Å². The Bertz CT molecular complexity index is 984. The average Bonchev–Trinajstić information content (AvgIpc) is 2.77. The minimum Gasteiger partial charge on any atom is -0.448 e. The molecular weight excluding hydrogens is 532 g/mol. The van der Waals surface area contributed by atoms with Gasteiger partial charge in [-0.1, -0.05) is 60.7 Å². The van der Waals surface area contributed by atoms with Gasteiger partial charge in [-0.3, -0.25) is 9.69 Å². The molecule has 0 spiro atoms. The number of thioether (sulfide) groups is 1. The molecule has 0 saturated carbocycles. The van der Waals surface area contributed by atoms with Crippen LogP contribution in [0.1, 0.15) is 17.2 Å². The number of carbonyl (C=O) groups is 2. The Kier molecular flexibility index (Phi) is 6.48. The number of rotatable bonds is 5. The van der Waals surface area contributed by atoms with Gasteiger partial charge in [-0.2, -0.15) is 0 Å². The highest BCUT2D eigenvalue weighted by molar-refractivity contribution is 9.28. The van der Waals surface area contributed by atoms with Gasteiger partial charge in [0, 0.05) is 5.75 Å². The molecule has 154 valence electrons. The van der Waals surface area contributed by atoms with E-state index >= 15 is 0 Å². The zero-order chi connectivity index (χ0) is 21.3. The van der Waals surface area contributed by atoms with Crippen molar-refractivity contribution in [2.45, 2.75) is 17.5 Å². The lowest BCUT2D eigenvalue weighted by Gasteiger charge is -2.48. The Labute approximate surface area is 195 Å². The van der Waals surface area contributed by atoms with E-state index in [1.54, 1.807) is 6.08 Å². The maximum atomic E-state index is 13.4. The van der Waals surface area contributed by atoms with Crippen LogP contribution in [-0.2, 0) is 14.3 Å². The van der Waals surface area contributed by atoms with Crippen LogP contribution in [0.4, 0.5) is 0 Å². The van der Waals surface area contributed by atoms with Crippen molar-refractivity contribution in [1.82, 2.24) is 4.90 Å². The molecule has 2 aliphatic rings. The van der Waals surface area contributed by atoms with Gasteiger partial charge in [-0.05, 0) is 54.6 Å². The number of hydrogen-bond donors (Lipinski definition) is 1. The third kappa shape index (κ3) is 4.14. The quantitative estimate of drug-likeness (QED) is 0.441. The first kappa shape index (κ1) is 21.4. The molecule has 0 radical (unpaired) electrons. The fourth-order valence-electron chi connectivity index (χ4n) is 3.52. The maximum Gasteiger partial charge on any atom is 0.356 e. The highest BCUT2D eigenvalue weighted by atomic mass is 79.9. The van der Waals surface area contributed by atoms with E-state index in [4.69, 9.17) is 10.5 Å². The lowest BCUT2D eigenvalue weighted by Crippen LogP contribution is -2.68. The summed E-state index contributed by atoms with van der Waals surface area (Å²) < 4.78 is 6.68. The first-order valence-corrected chi connectivity index (χ1v) is 11.9. The summed E-state index contributed by atoms with van der Waals surface area (Å²) in [5.41, 5.74) is 8.60. The van der Waals surface area contributed by atoms with Crippen molar-refractivity contribution >= 4 is 55.5 Å². The third-order valence-electron chi connectivity index (χ3n) is 4.95. The van der Waals surface area contributed by atoms with Crippen molar-refractivity contribution in [1.29, 1.82) is 0 Å². The van der Waals surface area contributed by atoms with Crippen LogP contribution in [0.3, 0.4) is 0 Å². The van der Waals surface area contributed by atoms with Gasteiger partial charge in [0.05, 0.1) is 3.39 Å². The molecule has 0 aliphatic carbocycles. The molecule has 1 saturated heterocycles. The summed E-state index contributed by atoms with van der Waals surface area (Å²) in [6.07, 6.45) is 1.18. The van der Waals surface area contributed by atoms with Crippen molar-refractivity contribution in [3.63, 3.8) is 0 Å². The Hall–Kier alpha value is -1.87. The highest BCUT2D eigenvalue weighted by Crippen LogP contribution is 2.41. The number of nitrogens with two attached hydrogens (primary N) is 1. The first-order chi connectivity index (χ1) is 14.5. The second kappa shape index (κ2) is 9.09. The van der Waals surface area contributed by atoms with E-state index in [2.05, 4.69) is 31.9 Å². The monoisotopic (exact) mass is 548 g/mol. The van der Waals surface area contributed by atoms with Gasteiger partial charge in [-0.15, -0.1) is 11.8 Å². The maximum absolute atomic E-state index is 13.4. The standard InChI is InChI=1S/C22H18Br2N2O3S/c23-16(24)11-15-12-30-21-17(25)20(27)26(21)18(15)22(28)29-19(13-7-3-1-4-8-13)14-9-5-2-6-10-14/h1-11,17,19,21H,12,25H2/t17?,21-/m0/s1. The number of carbonyl (C=O) groups excluding carboxylic acids is 2. The van der Waals surface area contributed by atoms with Gasteiger partial charge in [0.25, 0.3) is 0 Å². The van der Waals surface area contributed by atoms with Gasteiger partial charge in [0.15, 0.2) is 6.10 Å². The zero-order valence-corrected chi connectivity index (χ0v) is 19.7. The third-order valence-corrected chi connectivity index (χ3v) is 6.73. The summed E-state index contributed by atoms with van der Waals surface area (Å²) in [7, 11) is 0. The van der Waals surface area contributed by atoms with Crippen LogP contribution in [0.25, 0.3) is 0 Å². The molecule has 2 aliphatic heterocycles. The molecule has 2 heterocycles. The summed E-state index contributed by atoms with van der Waals surface area (Å²) in [5.74, 6) is -0.272. The van der Waals surface area contributed by atoms with Gasteiger partial charge in [-0.25, -0.2) is 4.79 Å². The predicted molar refractivity (Wildman–Crippen MR) is 125 cm³/mol. The van der Waals surface area contributed by atoms with Crippen LogP contribution >= 0.6 is 43.6 Å². The molecule has 30 heavy (non-hydrogen) atoms. The Morgan fingerprint density at radius 1 is 1.10 bits per heavy atom. The molecule has 8 heteroatoms. The summed E-state index contributed by atoms with van der Waals surface area (Å²) in [4.78, 5) is 27.3. The van der Waals surface area contributed by atoms with Crippen LogP contribution in [0.15, 0.2) is 81.4 Å². The smallest absolute Gasteiger partial charge is 0.356 e. The molecular formula is C22H18Br2N2O3S. The minimum absolute atomic E-state index is 0.249. The molecule has 5 nitrogen and oxygen atoms in total. The van der Waals surface area contributed by atoms with Crippen molar-refractivity contribution in [3.8, 4) is 0 Å². The van der Waals surface area contributed by atoms with E-state index in [0.29, 0.717) is 14.7 Å². The zero-order valence-electron chi connectivity index (χ0n) is 15.7. The summed E-state index contributed by atoms with van der Waals surface area (Å²) in [6.45, 7) is 0. The Balaban J connectivity index is 1.72. The second-order valence-corrected chi connectivity index (χ2v) is 10.7. The van der Waals surface area contributed by atoms with Crippen LogP contribution < -0.4 is 5.73 Å². The van der Waals surface area contributed by atoms with Crippen LogP contribution in [0.5, 0.6) is 0 Å². The van der Waals surface area contributed by atoms with Gasteiger partial charge >= 0.3 is 5.97 Å². The van der Waals surface area contributed by atoms with Gasteiger partial charge in [0.2, 0.25) is 5.91 Å². The number of benzene rings is 2. The molecule has 0 bridgehead atoms. The molecule has 0 aromatic heterocycles. The van der Waals surface area contributed by atoms with E-state index in [0.717, 1.165) is 11.1 Å². The van der Waals surface area contributed by atoms with E-state index in [9.17, 15) is 9.59 Å². The summed E-state index contributed by atoms with van der Waals surface area (Å²) in [6, 6.07) is 18.5. The van der Waals surface area contributed by atoms with Gasteiger partial charge < -0.3 is 10.5 Å². The number of ether oxygens (including phenoxy) is 1. The normalized spacial score (nSPS) is 20.5. The Morgan fingerprint density at radius 2 is 1.67 bits per heavy atom. The predicted octanol–water partition coefficient (Wildman–Crippen LogP) is 4.45. The first-order valence-electron chi connectivity index (χ1n) is 9.24. The summed E-state index contributed by atoms with van der Waals surface area (Å²) >= 11 is 8.23. The number of fused-ring (bicyclic) bond motifs is 1. The van der Waals surface area contributed by atoms with Crippen LogP contribution in [0.2, 0.25) is 0 Å². The number of halogens is 2. The molecule has 2 aromatic carbocycles.